The Morgan fingerprint density at radius 1 is 1.38 bits per heavy atom. The number of rotatable bonds is 8. The van der Waals surface area contributed by atoms with Gasteiger partial charge in [0.25, 0.3) is 0 Å². The summed E-state index contributed by atoms with van der Waals surface area (Å²) in [4.78, 5) is 0. The third kappa shape index (κ3) is 4.16. The summed E-state index contributed by atoms with van der Waals surface area (Å²) in [5, 5.41) is 0. The molecule has 8 heteroatoms. The summed E-state index contributed by atoms with van der Waals surface area (Å²) in [5.74, 6) is -4.45. The Bertz CT molecular complexity index is 599. The van der Waals surface area contributed by atoms with Gasteiger partial charge in [0.2, 0.25) is 0 Å². The van der Waals surface area contributed by atoms with E-state index in [1.165, 1.54) is 38.3 Å². The molecule has 0 saturated carbocycles. The molecular weight excluding hydrogens is 407 g/mol. The van der Waals surface area contributed by atoms with E-state index in [0.717, 1.165) is 13.0 Å². The van der Waals surface area contributed by atoms with E-state index >= 15 is 8.78 Å². The van der Waals surface area contributed by atoms with Crippen LogP contribution in [0.3, 0.4) is 0 Å². The van der Waals surface area contributed by atoms with Crippen LogP contribution in [0.15, 0.2) is 35.3 Å². The van der Waals surface area contributed by atoms with Crippen LogP contribution in [0.25, 0.3) is 0 Å². The molecule has 0 aromatic heterocycles. The van der Waals surface area contributed by atoms with Crippen LogP contribution >= 0.6 is 15.9 Å². The highest BCUT2D eigenvalue weighted by atomic mass is 79.9. The minimum atomic E-state index is -3.61. The van der Waals surface area contributed by atoms with Crippen molar-refractivity contribution in [2.45, 2.75) is 37.8 Å². The number of benzene rings is 1. The molecule has 0 spiro atoms. The smallest absolute Gasteiger partial charge is 0.301 e. The van der Waals surface area contributed by atoms with E-state index in [1.54, 1.807) is 0 Å². The van der Waals surface area contributed by atoms with Gasteiger partial charge in [-0.2, -0.15) is 0 Å². The van der Waals surface area contributed by atoms with Crippen molar-refractivity contribution in [3.05, 3.63) is 46.7 Å². The van der Waals surface area contributed by atoms with Crippen molar-refractivity contribution >= 4 is 27.3 Å². The molecule has 0 aliphatic heterocycles. The minimum Gasteiger partial charge on any atom is -0.598 e. The molecule has 0 aliphatic carbocycles. The van der Waals surface area contributed by atoms with Gasteiger partial charge in [-0.25, -0.2) is 13.2 Å². The monoisotopic (exact) mass is 427 g/mol. The molecule has 0 aliphatic rings. The minimum absolute atomic E-state index is 0.102. The molecule has 0 amide bonds. The molecule has 0 bridgehead atoms. The summed E-state index contributed by atoms with van der Waals surface area (Å²) < 4.78 is 64.8. The van der Waals surface area contributed by atoms with E-state index in [0.29, 0.717) is 4.47 Å². The lowest BCUT2D eigenvalue weighted by atomic mass is 9.78. The van der Waals surface area contributed by atoms with E-state index in [-0.39, 0.29) is 12.2 Å². The van der Waals surface area contributed by atoms with Gasteiger partial charge in [0.05, 0.1) is 6.61 Å². The van der Waals surface area contributed by atoms with Gasteiger partial charge in [0, 0.05) is 21.4 Å². The second-order valence-corrected chi connectivity index (χ2v) is 8.02. The summed E-state index contributed by atoms with van der Waals surface area (Å²) in [5.41, 5.74) is -4.56. The van der Waals surface area contributed by atoms with Gasteiger partial charge in [-0.3, -0.25) is 0 Å². The Kier molecular flexibility index (Phi) is 6.97. The van der Waals surface area contributed by atoms with Crippen LogP contribution in [0.1, 0.15) is 26.3 Å². The lowest BCUT2D eigenvalue weighted by molar-refractivity contribution is -0.224. The molecule has 136 valence electrons. The van der Waals surface area contributed by atoms with Crippen molar-refractivity contribution in [3.63, 3.8) is 0 Å². The first-order chi connectivity index (χ1) is 10.9. The van der Waals surface area contributed by atoms with Crippen LogP contribution in [-0.2, 0) is 21.6 Å². The zero-order valence-electron chi connectivity index (χ0n) is 14.0. The van der Waals surface area contributed by atoms with Crippen LogP contribution in [0.5, 0.6) is 0 Å². The Morgan fingerprint density at radius 2 is 1.96 bits per heavy atom. The summed E-state index contributed by atoms with van der Waals surface area (Å²) in [7, 11) is 0. The molecule has 0 radical (unpaired) electrons. The number of nitrogens with one attached hydrogen (secondary N) is 1. The molecule has 0 heterocycles. The van der Waals surface area contributed by atoms with Gasteiger partial charge in [0.1, 0.15) is 17.7 Å². The number of hydrogen-bond donors (Lipinski definition) is 1. The van der Waals surface area contributed by atoms with Gasteiger partial charge in [-0.05, 0) is 39.0 Å². The number of ether oxygens (including phenoxy) is 1. The highest BCUT2D eigenvalue weighted by Crippen LogP contribution is 2.47. The van der Waals surface area contributed by atoms with E-state index in [1.807, 2.05) is 0 Å². The predicted molar refractivity (Wildman–Crippen MR) is 93.8 cm³/mol. The molecule has 1 aromatic carbocycles. The lowest BCUT2D eigenvalue weighted by Crippen LogP contribution is -2.65. The fourth-order valence-electron chi connectivity index (χ4n) is 2.42. The molecule has 0 unspecified atom stereocenters. The van der Waals surface area contributed by atoms with Crippen molar-refractivity contribution in [2.24, 2.45) is 0 Å². The number of hydrogen-bond acceptors (Lipinski definition) is 3. The zero-order chi connectivity index (χ0) is 18.8. The van der Waals surface area contributed by atoms with Crippen molar-refractivity contribution in [3.8, 4) is 0 Å². The molecule has 1 rings (SSSR count). The van der Waals surface area contributed by atoms with Crippen molar-refractivity contribution in [1.82, 2.24) is 4.72 Å². The Morgan fingerprint density at radius 3 is 2.46 bits per heavy atom. The highest BCUT2D eigenvalue weighted by molar-refractivity contribution is 9.10. The van der Waals surface area contributed by atoms with Crippen LogP contribution < -0.4 is 4.72 Å². The van der Waals surface area contributed by atoms with Gasteiger partial charge in [-0.15, -0.1) is 11.3 Å². The van der Waals surface area contributed by atoms with Crippen LogP contribution in [-0.4, -0.2) is 28.9 Å². The third-order valence-electron chi connectivity index (χ3n) is 3.76. The largest absolute Gasteiger partial charge is 0.598 e. The Labute approximate surface area is 152 Å². The van der Waals surface area contributed by atoms with Crippen molar-refractivity contribution in [2.75, 3.05) is 12.9 Å². The molecule has 0 fully saturated rings. The first-order valence-corrected chi connectivity index (χ1v) is 9.43. The van der Waals surface area contributed by atoms with E-state index < -0.39 is 34.2 Å². The molecular formula is C16H21BrF3NO2S. The van der Waals surface area contributed by atoms with Crippen LogP contribution in [0.2, 0.25) is 0 Å². The van der Waals surface area contributed by atoms with E-state index in [2.05, 4.69) is 27.2 Å². The Balaban J connectivity index is 3.54. The van der Waals surface area contributed by atoms with Crippen LogP contribution in [0, 0.1) is 5.82 Å². The van der Waals surface area contributed by atoms with E-state index in [9.17, 15) is 8.94 Å². The highest BCUT2D eigenvalue weighted by Gasteiger charge is 2.64. The fourth-order valence-corrected chi connectivity index (χ4v) is 3.59. The SMILES string of the molecule is C=CCOC(C)(C)C(F)(F)[C@](C)(N[S@@+](C)[O-])c1cc(Br)ccc1F. The summed E-state index contributed by atoms with van der Waals surface area (Å²) >= 11 is 1.33. The number of alkyl halides is 2. The van der Waals surface area contributed by atoms with Crippen LogP contribution in [0.4, 0.5) is 13.2 Å². The van der Waals surface area contributed by atoms with Gasteiger partial charge in [0.15, 0.2) is 5.54 Å². The zero-order valence-corrected chi connectivity index (χ0v) is 16.4. The summed E-state index contributed by atoms with van der Waals surface area (Å²) in [6, 6.07) is 3.72. The first-order valence-electron chi connectivity index (χ1n) is 7.08. The molecule has 24 heavy (non-hydrogen) atoms. The van der Waals surface area contributed by atoms with E-state index in [4.69, 9.17) is 4.74 Å². The molecule has 1 N–H and O–H groups in total. The lowest BCUT2D eigenvalue weighted by Gasteiger charge is -2.45. The average Bonchev–Trinajstić information content (AvgIpc) is 2.46. The van der Waals surface area contributed by atoms with Gasteiger partial charge >= 0.3 is 5.92 Å². The van der Waals surface area contributed by atoms with Gasteiger partial charge < -0.3 is 9.29 Å². The summed E-state index contributed by atoms with van der Waals surface area (Å²) in [6.45, 7) is 6.85. The second-order valence-electron chi connectivity index (χ2n) is 5.99. The third-order valence-corrected chi connectivity index (χ3v) is 4.95. The normalized spacial score (nSPS) is 16.5. The standard InChI is InChI=1S/C16H21BrF3NO2S/c1-6-9-23-14(2,3)16(19,20)15(4,21-24(5)22)12-10-11(17)7-8-13(12)18/h6-8,10,21H,1,9H2,2-5H3/t15-,24-/m1/s1. The first kappa shape index (κ1) is 21.5. The Hall–Kier alpha value is -0.540. The van der Waals surface area contributed by atoms with Gasteiger partial charge in [-0.1, -0.05) is 22.0 Å². The molecule has 2 atom stereocenters. The second kappa shape index (κ2) is 7.78. The topological polar surface area (TPSA) is 44.3 Å². The van der Waals surface area contributed by atoms with Crippen molar-refractivity contribution < 1.29 is 22.5 Å². The maximum Gasteiger partial charge on any atom is 0.301 e. The fraction of sp³-hybridized carbons (Fsp3) is 0.500. The molecule has 1 aromatic rings. The maximum atomic E-state index is 15.4. The maximum absolute atomic E-state index is 15.4. The average molecular weight is 428 g/mol. The quantitative estimate of drug-likeness (QED) is 0.496. The number of halogens is 4. The molecule has 3 nitrogen and oxygen atoms in total. The summed E-state index contributed by atoms with van der Waals surface area (Å²) in [6.07, 6.45) is 2.56. The predicted octanol–water partition coefficient (Wildman–Crippen LogP) is 4.30. The van der Waals surface area contributed by atoms with Crippen molar-refractivity contribution in [1.29, 1.82) is 0 Å². The molecule has 0 saturated heterocycles.